The van der Waals surface area contributed by atoms with Gasteiger partial charge in [-0.3, -0.25) is 4.39 Å². The minimum absolute atomic E-state index is 0.215. The second-order valence-corrected chi connectivity index (χ2v) is 1.77. The molecule has 0 unspecified atom stereocenters. The molecule has 0 atom stereocenters. The van der Waals surface area contributed by atoms with Gasteiger partial charge in [-0.1, -0.05) is 5.57 Å². The quantitative estimate of drug-likeness (QED) is 0.589. The van der Waals surface area contributed by atoms with Gasteiger partial charge in [-0.05, 0) is 13.3 Å². The normalized spacial score (nSPS) is 11.6. The largest absolute Gasteiger partial charge is 0.478 e. The highest BCUT2D eigenvalue weighted by atomic mass is 19.1. The highest BCUT2D eigenvalue weighted by Gasteiger charge is 1.92. The van der Waals surface area contributed by atoms with Gasteiger partial charge in [0.1, 0.15) is 0 Å². The molecule has 0 bridgehead atoms. The second kappa shape index (κ2) is 4.06. The molecule has 0 aromatic rings. The summed E-state index contributed by atoms with van der Waals surface area (Å²) < 4.78 is 11.5. The Morgan fingerprint density at radius 3 is 2.67 bits per heavy atom. The molecule has 0 rings (SSSR count). The number of halogens is 1. The molecule has 0 aromatic heterocycles. The zero-order valence-corrected chi connectivity index (χ0v) is 5.22. The Morgan fingerprint density at radius 2 is 2.33 bits per heavy atom. The van der Waals surface area contributed by atoms with E-state index in [1.54, 1.807) is 6.92 Å². The van der Waals surface area contributed by atoms with Crippen LogP contribution in [0.5, 0.6) is 0 Å². The summed E-state index contributed by atoms with van der Waals surface area (Å²) >= 11 is 0. The third-order valence-electron chi connectivity index (χ3n) is 0.859. The van der Waals surface area contributed by atoms with Crippen molar-refractivity contribution in [3.05, 3.63) is 11.6 Å². The fourth-order valence-electron chi connectivity index (χ4n) is 0.432. The maximum Gasteiger partial charge on any atom is 0.328 e. The SMILES string of the molecule is C/C(=C\C(=O)O)CCF. The molecule has 0 aliphatic carbocycles. The smallest absolute Gasteiger partial charge is 0.328 e. The van der Waals surface area contributed by atoms with Gasteiger partial charge in [0.05, 0.1) is 6.67 Å². The summed E-state index contributed by atoms with van der Waals surface area (Å²) in [5, 5.41) is 8.11. The first-order chi connectivity index (χ1) is 4.16. The summed E-state index contributed by atoms with van der Waals surface area (Å²) in [6.07, 6.45) is 1.23. The molecule has 9 heavy (non-hydrogen) atoms. The first kappa shape index (κ1) is 8.14. The third kappa shape index (κ3) is 5.00. The molecule has 0 heterocycles. The van der Waals surface area contributed by atoms with Gasteiger partial charge >= 0.3 is 5.97 Å². The monoisotopic (exact) mass is 132 g/mol. The van der Waals surface area contributed by atoms with Gasteiger partial charge in [0.2, 0.25) is 0 Å². The van der Waals surface area contributed by atoms with E-state index in [0.717, 1.165) is 6.08 Å². The van der Waals surface area contributed by atoms with Crippen LogP contribution < -0.4 is 0 Å². The van der Waals surface area contributed by atoms with E-state index in [2.05, 4.69) is 0 Å². The predicted molar refractivity (Wildman–Crippen MR) is 32.0 cm³/mol. The van der Waals surface area contributed by atoms with Crippen LogP contribution in [-0.2, 0) is 4.79 Å². The molecule has 0 fully saturated rings. The van der Waals surface area contributed by atoms with E-state index in [-0.39, 0.29) is 6.42 Å². The van der Waals surface area contributed by atoms with Gasteiger partial charge in [0.15, 0.2) is 0 Å². The second-order valence-electron chi connectivity index (χ2n) is 1.77. The van der Waals surface area contributed by atoms with Gasteiger partial charge in [-0.2, -0.15) is 0 Å². The van der Waals surface area contributed by atoms with Crippen molar-refractivity contribution >= 4 is 5.97 Å². The Morgan fingerprint density at radius 1 is 1.78 bits per heavy atom. The Balaban J connectivity index is 3.69. The van der Waals surface area contributed by atoms with Crippen LogP contribution in [0.1, 0.15) is 13.3 Å². The number of alkyl halides is 1. The summed E-state index contributed by atoms with van der Waals surface area (Å²) in [6.45, 7) is 1.10. The van der Waals surface area contributed by atoms with Gasteiger partial charge < -0.3 is 5.11 Å². The first-order valence-electron chi connectivity index (χ1n) is 2.63. The van der Waals surface area contributed by atoms with Crippen molar-refractivity contribution in [2.75, 3.05) is 6.67 Å². The van der Waals surface area contributed by atoms with Crippen molar-refractivity contribution < 1.29 is 14.3 Å². The predicted octanol–water partition coefficient (Wildman–Crippen LogP) is 1.38. The molecule has 0 amide bonds. The lowest BCUT2D eigenvalue weighted by atomic mass is 10.2. The van der Waals surface area contributed by atoms with E-state index >= 15 is 0 Å². The summed E-state index contributed by atoms with van der Waals surface area (Å²) in [6, 6.07) is 0. The third-order valence-corrected chi connectivity index (χ3v) is 0.859. The molecular weight excluding hydrogens is 123 g/mol. The van der Waals surface area contributed by atoms with Crippen LogP contribution in [0.25, 0.3) is 0 Å². The molecule has 0 aromatic carbocycles. The van der Waals surface area contributed by atoms with Crippen molar-refractivity contribution in [3.8, 4) is 0 Å². The van der Waals surface area contributed by atoms with Gasteiger partial charge in [-0.15, -0.1) is 0 Å². The fraction of sp³-hybridized carbons (Fsp3) is 0.500. The van der Waals surface area contributed by atoms with E-state index in [1.165, 1.54) is 0 Å². The maximum atomic E-state index is 11.5. The van der Waals surface area contributed by atoms with Gasteiger partial charge in [-0.25, -0.2) is 4.79 Å². The Kier molecular flexibility index (Phi) is 3.67. The summed E-state index contributed by atoms with van der Waals surface area (Å²) in [7, 11) is 0. The number of carbonyl (C=O) groups is 1. The van der Waals surface area contributed by atoms with Crippen molar-refractivity contribution in [2.24, 2.45) is 0 Å². The zero-order valence-electron chi connectivity index (χ0n) is 5.22. The van der Waals surface area contributed by atoms with Crippen LogP contribution in [0.4, 0.5) is 4.39 Å². The minimum Gasteiger partial charge on any atom is -0.478 e. The van der Waals surface area contributed by atoms with Crippen LogP contribution in [0, 0.1) is 0 Å². The molecule has 0 saturated heterocycles. The van der Waals surface area contributed by atoms with E-state index in [4.69, 9.17) is 5.11 Å². The fourth-order valence-corrected chi connectivity index (χ4v) is 0.432. The van der Waals surface area contributed by atoms with Crippen LogP contribution in [0.15, 0.2) is 11.6 Å². The van der Waals surface area contributed by atoms with Crippen LogP contribution >= 0.6 is 0 Å². The summed E-state index contributed by atoms with van der Waals surface area (Å²) in [5.41, 5.74) is 0.560. The molecule has 3 heteroatoms. The molecule has 1 N–H and O–H groups in total. The minimum atomic E-state index is -1.01. The number of carboxylic acids is 1. The number of allylic oxidation sites excluding steroid dienone is 1. The van der Waals surface area contributed by atoms with Crippen LogP contribution in [-0.4, -0.2) is 17.8 Å². The average Bonchev–Trinajstić information content (AvgIpc) is 1.63. The molecule has 0 radical (unpaired) electrons. The summed E-state index contributed by atoms with van der Waals surface area (Å²) in [5.74, 6) is -1.01. The van der Waals surface area contributed by atoms with Gasteiger partial charge in [0.25, 0.3) is 0 Å². The lowest BCUT2D eigenvalue weighted by Crippen LogP contribution is -1.90. The molecule has 2 nitrogen and oxygen atoms in total. The van der Waals surface area contributed by atoms with E-state index < -0.39 is 12.6 Å². The Hall–Kier alpha value is -0.860. The number of hydrogen-bond acceptors (Lipinski definition) is 1. The molecular formula is C6H9FO2. The lowest BCUT2D eigenvalue weighted by Gasteiger charge is -1.90. The van der Waals surface area contributed by atoms with E-state index in [1.807, 2.05) is 0 Å². The van der Waals surface area contributed by atoms with Crippen molar-refractivity contribution in [2.45, 2.75) is 13.3 Å². The number of hydrogen-bond donors (Lipinski definition) is 1. The Bertz CT molecular complexity index is 129. The molecule has 0 aliphatic rings. The topological polar surface area (TPSA) is 37.3 Å². The zero-order chi connectivity index (χ0) is 7.28. The number of rotatable bonds is 3. The molecule has 0 spiro atoms. The van der Waals surface area contributed by atoms with Crippen molar-refractivity contribution in [1.29, 1.82) is 0 Å². The average molecular weight is 132 g/mol. The standard InChI is InChI=1S/C6H9FO2/c1-5(2-3-7)4-6(8)9/h4H,2-3H2,1H3,(H,8,9)/b5-4+. The van der Waals surface area contributed by atoms with E-state index in [9.17, 15) is 9.18 Å². The lowest BCUT2D eigenvalue weighted by molar-refractivity contribution is -0.131. The molecule has 52 valence electrons. The van der Waals surface area contributed by atoms with Crippen molar-refractivity contribution in [3.63, 3.8) is 0 Å². The maximum absolute atomic E-state index is 11.5. The number of carboxylic acid groups (broad SMARTS) is 1. The summed E-state index contributed by atoms with van der Waals surface area (Å²) in [4.78, 5) is 9.89. The number of aliphatic carboxylic acids is 1. The highest BCUT2D eigenvalue weighted by Crippen LogP contribution is 1.98. The first-order valence-corrected chi connectivity index (χ1v) is 2.63. The highest BCUT2D eigenvalue weighted by molar-refractivity contribution is 5.80. The molecule has 0 saturated carbocycles. The molecule has 0 aliphatic heterocycles. The Labute approximate surface area is 53.0 Å². The van der Waals surface area contributed by atoms with Crippen LogP contribution in [0.2, 0.25) is 0 Å². The van der Waals surface area contributed by atoms with E-state index in [0.29, 0.717) is 5.57 Å². The van der Waals surface area contributed by atoms with Crippen molar-refractivity contribution in [1.82, 2.24) is 0 Å². The van der Waals surface area contributed by atoms with Gasteiger partial charge in [0, 0.05) is 6.08 Å². The van der Waals surface area contributed by atoms with Crippen LogP contribution in [0.3, 0.4) is 0 Å².